The molecule has 142 valence electrons. The van der Waals surface area contributed by atoms with Crippen LogP contribution in [0.4, 0.5) is 0 Å². The smallest absolute Gasteiger partial charge is 0.343 e. The van der Waals surface area contributed by atoms with E-state index in [1.165, 1.54) is 13.3 Å². The Morgan fingerprint density at radius 1 is 0.889 bits per heavy atom. The SMILES string of the molecule is COC(=O)COc1ccc(/C=N/NC(=O)COc2ccc(OC)cc2)cc1. The number of ether oxygens (including phenoxy) is 4. The second-order valence-electron chi connectivity index (χ2n) is 5.19. The highest BCUT2D eigenvalue weighted by molar-refractivity contribution is 5.83. The summed E-state index contributed by atoms with van der Waals surface area (Å²) < 4.78 is 20.1. The highest BCUT2D eigenvalue weighted by Gasteiger charge is 2.03. The van der Waals surface area contributed by atoms with Crippen molar-refractivity contribution >= 4 is 18.1 Å². The number of hydrogen-bond acceptors (Lipinski definition) is 7. The van der Waals surface area contributed by atoms with E-state index >= 15 is 0 Å². The second-order valence-corrected chi connectivity index (χ2v) is 5.19. The average Bonchev–Trinajstić information content (AvgIpc) is 2.71. The number of nitrogens with one attached hydrogen (secondary N) is 1. The van der Waals surface area contributed by atoms with Gasteiger partial charge in [-0.1, -0.05) is 0 Å². The first-order valence-corrected chi connectivity index (χ1v) is 7.99. The topological polar surface area (TPSA) is 95.5 Å². The number of hydrogen-bond donors (Lipinski definition) is 1. The fourth-order valence-corrected chi connectivity index (χ4v) is 1.88. The summed E-state index contributed by atoms with van der Waals surface area (Å²) >= 11 is 0. The van der Waals surface area contributed by atoms with E-state index in [9.17, 15) is 9.59 Å². The maximum Gasteiger partial charge on any atom is 0.343 e. The van der Waals surface area contributed by atoms with Gasteiger partial charge in [0.15, 0.2) is 13.2 Å². The van der Waals surface area contributed by atoms with Crippen LogP contribution in [-0.4, -0.2) is 45.5 Å². The standard InChI is InChI=1S/C19H20N2O6/c1-24-15-7-9-17(10-8-15)26-12-18(22)21-20-11-14-3-5-16(6-4-14)27-13-19(23)25-2/h3-11H,12-13H2,1-2H3,(H,21,22)/b20-11+. The van der Waals surface area contributed by atoms with Crippen molar-refractivity contribution in [1.82, 2.24) is 5.43 Å². The molecule has 0 aliphatic heterocycles. The van der Waals surface area contributed by atoms with Crippen LogP contribution in [0.2, 0.25) is 0 Å². The summed E-state index contributed by atoms with van der Waals surface area (Å²) in [6.07, 6.45) is 1.48. The molecule has 0 aliphatic rings. The molecule has 0 unspecified atom stereocenters. The first-order chi connectivity index (χ1) is 13.1. The molecule has 8 nitrogen and oxygen atoms in total. The van der Waals surface area contributed by atoms with Crippen LogP contribution in [0.25, 0.3) is 0 Å². The van der Waals surface area contributed by atoms with Gasteiger partial charge in [0.1, 0.15) is 17.2 Å². The Morgan fingerprint density at radius 3 is 2.04 bits per heavy atom. The van der Waals surface area contributed by atoms with E-state index in [1.54, 1.807) is 55.6 Å². The minimum atomic E-state index is -0.458. The minimum Gasteiger partial charge on any atom is -0.497 e. The van der Waals surface area contributed by atoms with Crippen molar-refractivity contribution in [2.24, 2.45) is 5.10 Å². The molecule has 0 spiro atoms. The van der Waals surface area contributed by atoms with Crippen LogP contribution in [0.3, 0.4) is 0 Å². The third-order valence-electron chi connectivity index (χ3n) is 3.30. The number of esters is 1. The van der Waals surface area contributed by atoms with Gasteiger partial charge in [-0.3, -0.25) is 4.79 Å². The molecule has 0 saturated heterocycles. The lowest BCUT2D eigenvalue weighted by atomic mass is 10.2. The summed E-state index contributed by atoms with van der Waals surface area (Å²) in [5, 5.41) is 3.86. The molecule has 0 aromatic heterocycles. The van der Waals surface area contributed by atoms with Crippen molar-refractivity contribution in [3.05, 3.63) is 54.1 Å². The molecule has 0 heterocycles. The molecular formula is C19H20N2O6. The number of hydrazone groups is 1. The molecule has 0 atom stereocenters. The molecule has 1 amide bonds. The number of rotatable bonds is 9. The van der Waals surface area contributed by atoms with Gasteiger partial charge in [-0.05, 0) is 54.1 Å². The van der Waals surface area contributed by atoms with Crippen LogP contribution < -0.4 is 19.6 Å². The van der Waals surface area contributed by atoms with Crippen molar-refractivity contribution in [1.29, 1.82) is 0 Å². The van der Waals surface area contributed by atoms with E-state index in [2.05, 4.69) is 15.3 Å². The zero-order valence-corrected chi connectivity index (χ0v) is 15.0. The normalized spacial score (nSPS) is 10.3. The van der Waals surface area contributed by atoms with Gasteiger partial charge in [0, 0.05) is 0 Å². The molecular weight excluding hydrogens is 352 g/mol. The highest BCUT2D eigenvalue weighted by Crippen LogP contribution is 2.16. The largest absolute Gasteiger partial charge is 0.497 e. The molecule has 27 heavy (non-hydrogen) atoms. The lowest BCUT2D eigenvalue weighted by molar-refractivity contribution is -0.142. The van der Waals surface area contributed by atoms with Gasteiger partial charge in [0.05, 0.1) is 20.4 Å². The third-order valence-corrected chi connectivity index (χ3v) is 3.30. The quantitative estimate of drug-likeness (QED) is 0.410. The molecule has 8 heteroatoms. The van der Waals surface area contributed by atoms with E-state index in [-0.39, 0.29) is 19.1 Å². The van der Waals surface area contributed by atoms with Gasteiger partial charge in [-0.15, -0.1) is 0 Å². The van der Waals surface area contributed by atoms with Gasteiger partial charge in [0.2, 0.25) is 0 Å². The van der Waals surface area contributed by atoms with Crippen LogP contribution in [0.1, 0.15) is 5.56 Å². The van der Waals surface area contributed by atoms with Crippen LogP contribution in [0, 0.1) is 0 Å². The maximum atomic E-state index is 11.7. The minimum absolute atomic E-state index is 0.159. The van der Waals surface area contributed by atoms with E-state index in [4.69, 9.17) is 14.2 Å². The lowest BCUT2D eigenvalue weighted by Gasteiger charge is -2.06. The predicted octanol–water partition coefficient (Wildman–Crippen LogP) is 1.78. The van der Waals surface area contributed by atoms with Gasteiger partial charge < -0.3 is 18.9 Å². The molecule has 2 aromatic carbocycles. The summed E-state index contributed by atoms with van der Waals surface area (Å²) in [4.78, 5) is 22.7. The number of carbonyl (C=O) groups excluding carboxylic acids is 2. The van der Waals surface area contributed by atoms with Gasteiger partial charge in [-0.25, -0.2) is 10.2 Å². The molecule has 1 N–H and O–H groups in total. The summed E-state index contributed by atoms with van der Waals surface area (Å²) in [5.41, 5.74) is 3.12. The zero-order valence-electron chi connectivity index (χ0n) is 15.0. The molecule has 0 aliphatic carbocycles. The monoisotopic (exact) mass is 372 g/mol. The average molecular weight is 372 g/mol. The van der Waals surface area contributed by atoms with Crippen LogP contribution >= 0.6 is 0 Å². The molecule has 0 fully saturated rings. The molecule has 2 rings (SSSR count). The Balaban J connectivity index is 1.73. The Hall–Kier alpha value is -3.55. The summed E-state index contributed by atoms with van der Waals surface area (Å²) in [6.45, 7) is -0.321. The number of nitrogens with zero attached hydrogens (tertiary/aromatic N) is 1. The highest BCUT2D eigenvalue weighted by atomic mass is 16.6. The van der Waals surface area contributed by atoms with Crippen molar-refractivity contribution in [3.63, 3.8) is 0 Å². The van der Waals surface area contributed by atoms with E-state index in [0.717, 1.165) is 5.56 Å². The van der Waals surface area contributed by atoms with E-state index in [0.29, 0.717) is 17.2 Å². The van der Waals surface area contributed by atoms with Crippen LogP contribution in [0.5, 0.6) is 17.2 Å². The maximum absolute atomic E-state index is 11.7. The Labute approximate surface area is 156 Å². The first kappa shape index (κ1) is 19.8. The summed E-state index contributed by atoms with van der Waals surface area (Å²) in [6, 6.07) is 13.7. The Kier molecular flexibility index (Phi) is 7.65. The summed E-state index contributed by atoms with van der Waals surface area (Å²) in [7, 11) is 2.87. The number of methoxy groups -OCH3 is 2. The van der Waals surface area contributed by atoms with E-state index < -0.39 is 5.97 Å². The zero-order chi connectivity index (χ0) is 19.5. The number of benzene rings is 2. The molecule has 0 bridgehead atoms. The van der Waals surface area contributed by atoms with Crippen LogP contribution in [-0.2, 0) is 14.3 Å². The summed E-state index contributed by atoms with van der Waals surface area (Å²) in [5.74, 6) is 0.936. The molecule has 0 radical (unpaired) electrons. The van der Waals surface area contributed by atoms with Gasteiger partial charge >= 0.3 is 5.97 Å². The second kappa shape index (κ2) is 10.4. The fourth-order valence-electron chi connectivity index (χ4n) is 1.88. The fraction of sp³-hybridized carbons (Fsp3) is 0.211. The van der Waals surface area contributed by atoms with Crippen molar-refractivity contribution in [2.75, 3.05) is 27.4 Å². The van der Waals surface area contributed by atoms with Crippen molar-refractivity contribution in [3.8, 4) is 17.2 Å². The van der Waals surface area contributed by atoms with Gasteiger partial charge in [0.25, 0.3) is 5.91 Å². The third kappa shape index (κ3) is 7.07. The van der Waals surface area contributed by atoms with Crippen LogP contribution in [0.15, 0.2) is 53.6 Å². The van der Waals surface area contributed by atoms with Gasteiger partial charge in [-0.2, -0.15) is 5.10 Å². The Bertz CT molecular complexity index is 772. The first-order valence-electron chi connectivity index (χ1n) is 7.99. The molecule has 0 saturated carbocycles. The Morgan fingerprint density at radius 2 is 1.44 bits per heavy atom. The van der Waals surface area contributed by atoms with Crippen molar-refractivity contribution in [2.45, 2.75) is 0 Å². The van der Waals surface area contributed by atoms with E-state index in [1.807, 2.05) is 0 Å². The number of carbonyl (C=O) groups is 2. The number of amides is 1. The van der Waals surface area contributed by atoms with Crippen molar-refractivity contribution < 1.29 is 28.5 Å². The lowest BCUT2D eigenvalue weighted by Crippen LogP contribution is -2.24. The molecule has 2 aromatic rings. The predicted molar refractivity (Wildman–Crippen MR) is 98.2 cm³/mol.